The van der Waals surface area contributed by atoms with Crippen LogP contribution in [0.2, 0.25) is 0 Å². The van der Waals surface area contributed by atoms with Crippen LogP contribution in [-0.4, -0.2) is 45.0 Å². The molecule has 5 nitrogen and oxygen atoms in total. The van der Waals surface area contributed by atoms with Crippen LogP contribution >= 0.6 is 15.9 Å². The molecule has 2 unspecified atom stereocenters. The summed E-state index contributed by atoms with van der Waals surface area (Å²) < 4.78 is 1.05. The summed E-state index contributed by atoms with van der Waals surface area (Å²) in [6.07, 6.45) is 5.09. The molecule has 0 saturated carbocycles. The Morgan fingerprint density at radius 3 is 2.61 bits per heavy atom. The number of nitrogens with zero attached hydrogens (tertiary/aromatic N) is 5. The van der Waals surface area contributed by atoms with Gasteiger partial charge in [-0.3, -0.25) is 9.88 Å². The molecule has 120 valence electrons. The fourth-order valence-corrected chi connectivity index (χ4v) is 4.16. The van der Waals surface area contributed by atoms with Gasteiger partial charge in [0.15, 0.2) is 0 Å². The topological polar surface area (TPSA) is 45.2 Å². The second kappa shape index (κ2) is 5.83. The van der Waals surface area contributed by atoms with E-state index in [1.807, 2.05) is 26.2 Å². The van der Waals surface area contributed by atoms with Crippen molar-refractivity contribution >= 4 is 21.7 Å². The molecule has 2 bridgehead atoms. The number of hydrogen-bond acceptors (Lipinski definition) is 5. The predicted molar refractivity (Wildman–Crippen MR) is 93.4 cm³/mol. The highest BCUT2D eigenvalue weighted by molar-refractivity contribution is 9.10. The van der Waals surface area contributed by atoms with Gasteiger partial charge < -0.3 is 4.90 Å². The molecule has 0 N–H and O–H groups in total. The summed E-state index contributed by atoms with van der Waals surface area (Å²) in [7, 11) is 0. The second-order valence-corrected chi connectivity index (χ2v) is 7.46. The molecule has 0 amide bonds. The maximum Gasteiger partial charge on any atom is 0.132 e. The molecule has 6 heteroatoms. The van der Waals surface area contributed by atoms with Gasteiger partial charge in [0.25, 0.3) is 0 Å². The van der Waals surface area contributed by atoms with Gasteiger partial charge in [-0.15, -0.1) is 0 Å². The highest BCUT2D eigenvalue weighted by Gasteiger charge is 2.44. The van der Waals surface area contributed by atoms with E-state index < -0.39 is 0 Å². The van der Waals surface area contributed by atoms with Crippen molar-refractivity contribution in [2.45, 2.75) is 38.9 Å². The lowest BCUT2D eigenvalue weighted by atomic mass is 9.87. The van der Waals surface area contributed by atoms with Gasteiger partial charge >= 0.3 is 0 Å². The van der Waals surface area contributed by atoms with E-state index in [9.17, 15) is 0 Å². The summed E-state index contributed by atoms with van der Waals surface area (Å²) >= 11 is 3.50. The first-order valence-corrected chi connectivity index (χ1v) is 8.80. The van der Waals surface area contributed by atoms with Crippen LogP contribution in [0.25, 0.3) is 0 Å². The Hall–Kier alpha value is -1.53. The first kappa shape index (κ1) is 15.0. The van der Waals surface area contributed by atoms with Gasteiger partial charge in [-0.05, 0) is 47.8 Å². The van der Waals surface area contributed by atoms with Crippen LogP contribution in [0, 0.1) is 13.8 Å². The van der Waals surface area contributed by atoms with Gasteiger partial charge in [0.2, 0.25) is 0 Å². The normalized spacial score (nSPS) is 23.7. The molecule has 2 aromatic heterocycles. The number of halogens is 1. The monoisotopic (exact) mass is 373 g/mol. The van der Waals surface area contributed by atoms with Crippen LogP contribution in [0.3, 0.4) is 0 Å². The number of pyridine rings is 1. The number of anilines is 1. The average molecular weight is 374 g/mol. The minimum atomic E-state index is 0.614. The van der Waals surface area contributed by atoms with Crippen LogP contribution < -0.4 is 4.90 Å². The van der Waals surface area contributed by atoms with Gasteiger partial charge in [0, 0.05) is 60.3 Å². The zero-order chi connectivity index (χ0) is 16.0. The largest absolute Gasteiger partial charge is 0.353 e. The number of piperazine rings is 1. The van der Waals surface area contributed by atoms with Crippen LogP contribution in [0.4, 0.5) is 5.82 Å². The fraction of sp³-hybridized carbons (Fsp3) is 0.471. The predicted octanol–water partition coefficient (Wildman–Crippen LogP) is 2.71. The molecule has 5 heterocycles. The zero-order valence-corrected chi connectivity index (χ0v) is 15.0. The van der Waals surface area contributed by atoms with E-state index in [1.54, 1.807) is 0 Å². The highest BCUT2D eigenvalue weighted by Crippen LogP contribution is 2.35. The van der Waals surface area contributed by atoms with Crippen LogP contribution in [0.15, 0.2) is 29.0 Å². The van der Waals surface area contributed by atoms with Gasteiger partial charge in [0.05, 0.1) is 0 Å². The van der Waals surface area contributed by atoms with Crippen molar-refractivity contribution in [1.82, 2.24) is 19.9 Å². The maximum absolute atomic E-state index is 4.61. The Kier molecular flexibility index (Phi) is 3.81. The third kappa shape index (κ3) is 2.97. The summed E-state index contributed by atoms with van der Waals surface area (Å²) in [5.74, 6) is 1.93. The van der Waals surface area contributed by atoms with E-state index in [1.165, 1.54) is 12.0 Å². The number of rotatable bonds is 3. The van der Waals surface area contributed by atoms with Crippen LogP contribution in [-0.2, 0) is 6.54 Å². The SMILES string of the molecule is Cc1cc(N2CC3CC(C2)N3Cc2cncc(Br)c2)nc(C)n1. The zero-order valence-electron chi connectivity index (χ0n) is 13.4. The molecule has 3 fully saturated rings. The lowest BCUT2D eigenvalue weighted by molar-refractivity contribution is -0.00879. The summed E-state index contributed by atoms with van der Waals surface area (Å²) in [6, 6.07) is 5.49. The van der Waals surface area contributed by atoms with Crippen molar-refractivity contribution < 1.29 is 0 Å². The average Bonchev–Trinajstić information content (AvgIpc) is 2.52. The quantitative estimate of drug-likeness (QED) is 0.827. The second-order valence-electron chi connectivity index (χ2n) is 6.55. The molecule has 0 aromatic carbocycles. The molecule has 23 heavy (non-hydrogen) atoms. The molecule has 2 aromatic rings. The Morgan fingerprint density at radius 1 is 1.13 bits per heavy atom. The summed E-state index contributed by atoms with van der Waals surface area (Å²) in [6.45, 7) is 7.09. The number of hydrogen-bond donors (Lipinski definition) is 0. The Labute approximate surface area is 144 Å². The fourth-order valence-electron chi connectivity index (χ4n) is 3.74. The van der Waals surface area contributed by atoms with E-state index >= 15 is 0 Å². The van der Waals surface area contributed by atoms with Crippen LogP contribution in [0.5, 0.6) is 0 Å². The van der Waals surface area contributed by atoms with Crippen molar-refractivity contribution in [1.29, 1.82) is 0 Å². The molecular weight excluding hydrogens is 354 g/mol. The van der Waals surface area contributed by atoms with Crippen molar-refractivity contribution in [2.75, 3.05) is 18.0 Å². The summed E-state index contributed by atoms with van der Waals surface area (Å²) in [4.78, 5) is 18.3. The van der Waals surface area contributed by atoms with Crippen molar-refractivity contribution in [2.24, 2.45) is 0 Å². The standard InChI is InChI=1S/C17H20BrN5/c1-11-3-17(21-12(2)20-11)22-9-15-5-16(10-22)23(15)8-13-4-14(18)7-19-6-13/h3-4,6-7,15-16H,5,8-10H2,1-2H3. The summed E-state index contributed by atoms with van der Waals surface area (Å²) in [5, 5.41) is 0. The molecule has 3 aliphatic heterocycles. The first-order chi connectivity index (χ1) is 11.1. The number of fused-ring (bicyclic) bond motifs is 2. The van der Waals surface area contributed by atoms with Gasteiger partial charge in [-0.25, -0.2) is 9.97 Å². The lowest BCUT2D eigenvalue weighted by Crippen LogP contribution is -2.68. The molecule has 2 atom stereocenters. The molecule has 0 spiro atoms. The number of piperidine rings is 1. The molecule has 5 rings (SSSR count). The van der Waals surface area contributed by atoms with E-state index in [0.717, 1.165) is 41.4 Å². The Bertz CT molecular complexity index is 702. The third-order valence-corrected chi connectivity index (χ3v) is 5.18. The number of aromatic nitrogens is 3. The molecule has 3 aliphatic rings. The van der Waals surface area contributed by atoms with E-state index in [-0.39, 0.29) is 0 Å². The number of aryl methyl sites for hydroxylation is 2. The van der Waals surface area contributed by atoms with Gasteiger partial charge in [-0.1, -0.05) is 0 Å². The lowest BCUT2D eigenvalue weighted by Gasteiger charge is -2.56. The molecule has 0 radical (unpaired) electrons. The van der Waals surface area contributed by atoms with Gasteiger partial charge in [0.1, 0.15) is 11.6 Å². The Morgan fingerprint density at radius 2 is 1.91 bits per heavy atom. The minimum absolute atomic E-state index is 0.614. The van der Waals surface area contributed by atoms with Crippen molar-refractivity contribution in [3.05, 3.63) is 46.1 Å². The highest BCUT2D eigenvalue weighted by atomic mass is 79.9. The van der Waals surface area contributed by atoms with E-state index in [4.69, 9.17) is 0 Å². The molecule has 3 saturated heterocycles. The van der Waals surface area contributed by atoms with Crippen LogP contribution in [0.1, 0.15) is 23.5 Å². The van der Waals surface area contributed by atoms with Crippen molar-refractivity contribution in [3.8, 4) is 0 Å². The smallest absolute Gasteiger partial charge is 0.132 e. The third-order valence-electron chi connectivity index (χ3n) is 4.75. The van der Waals surface area contributed by atoms with Crippen molar-refractivity contribution in [3.63, 3.8) is 0 Å². The first-order valence-electron chi connectivity index (χ1n) is 8.01. The summed E-state index contributed by atoms with van der Waals surface area (Å²) in [5.41, 5.74) is 2.32. The maximum atomic E-state index is 4.61. The van der Waals surface area contributed by atoms with E-state index in [0.29, 0.717) is 12.1 Å². The Balaban J connectivity index is 1.46. The molecular formula is C17H20BrN5. The van der Waals surface area contributed by atoms with E-state index in [2.05, 4.69) is 52.8 Å². The minimum Gasteiger partial charge on any atom is -0.353 e. The van der Waals surface area contributed by atoms with Gasteiger partial charge in [-0.2, -0.15) is 0 Å². The molecule has 0 aliphatic carbocycles.